The molecule has 2 aromatic rings. The number of carbonyl (C=O) groups is 1. The summed E-state index contributed by atoms with van der Waals surface area (Å²) < 4.78 is 0. The number of benzene rings is 2. The van der Waals surface area contributed by atoms with E-state index in [1.807, 2.05) is 54.6 Å². The SMILES string of the molecule is O=C(NC1CC1)C(NCc1cccc(Cl)c1)c1ccccc1. The molecule has 22 heavy (non-hydrogen) atoms. The van der Waals surface area contributed by atoms with Crippen molar-refractivity contribution in [2.45, 2.75) is 31.5 Å². The zero-order valence-corrected chi connectivity index (χ0v) is 13.0. The third-order valence-corrected chi connectivity index (χ3v) is 3.95. The first-order chi connectivity index (χ1) is 10.7. The zero-order valence-electron chi connectivity index (χ0n) is 12.3. The van der Waals surface area contributed by atoms with Crippen LogP contribution in [0.1, 0.15) is 30.0 Å². The fraction of sp³-hybridized carbons (Fsp3) is 0.278. The van der Waals surface area contributed by atoms with Gasteiger partial charge in [0.15, 0.2) is 0 Å². The number of hydrogen-bond donors (Lipinski definition) is 2. The molecule has 0 aliphatic heterocycles. The molecule has 4 heteroatoms. The van der Waals surface area contributed by atoms with Gasteiger partial charge in [-0.1, -0.05) is 54.1 Å². The molecule has 0 spiro atoms. The minimum Gasteiger partial charge on any atom is -0.352 e. The molecule has 0 heterocycles. The molecule has 1 aliphatic carbocycles. The maximum absolute atomic E-state index is 12.5. The standard InChI is InChI=1S/C18H19ClN2O/c19-15-8-4-5-13(11-15)12-20-17(14-6-2-1-3-7-14)18(22)21-16-9-10-16/h1-8,11,16-17,20H,9-10,12H2,(H,21,22). The Morgan fingerprint density at radius 1 is 1.14 bits per heavy atom. The molecule has 1 unspecified atom stereocenters. The molecule has 1 fully saturated rings. The first-order valence-electron chi connectivity index (χ1n) is 7.55. The van der Waals surface area contributed by atoms with Crippen LogP contribution in [0.15, 0.2) is 54.6 Å². The molecule has 3 rings (SSSR count). The van der Waals surface area contributed by atoms with Crippen molar-refractivity contribution >= 4 is 17.5 Å². The van der Waals surface area contributed by atoms with Gasteiger partial charge in [-0.15, -0.1) is 0 Å². The van der Waals surface area contributed by atoms with E-state index in [2.05, 4.69) is 10.6 Å². The number of hydrogen-bond acceptors (Lipinski definition) is 2. The minimum atomic E-state index is -0.346. The van der Waals surface area contributed by atoms with Gasteiger partial charge in [0.1, 0.15) is 6.04 Å². The molecule has 2 N–H and O–H groups in total. The normalized spacial score (nSPS) is 15.3. The van der Waals surface area contributed by atoms with Crippen LogP contribution in [0.3, 0.4) is 0 Å². The van der Waals surface area contributed by atoms with Crippen LogP contribution in [-0.2, 0) is 11.3 Å². The van der Waals surface area contributed by atoms with Crippen molar-refractivity contribution in [2.24, 2.45) is 0 Å². The molecule has 2 aromatic carbocycles. The Hall–Kier alpha value is -1.84. The summed E-state index contributed by atoms with van der Waals surface area (Å²) in [6, 6.07) is 17.5. The second-order valence-corrected chi connectivity index (χ2v) is 6.07. The average Bonchev–Trinajstić information content (AvgIpc) is 3.32. The fourth-order valence-electron chi connectivity index (χ4n) is 2.39. The van der Waals surface area contributed by atoms with Crippen molar-refractivity contribution in [3.63, 3.8) is 0 Å². The molecule has 1 atom stereocenters. The Balaban J connectivity index is 1.71. The van der Waals surface area contributed by atoms with E-state index in [9.17, 15) is 4.79 Å². The van der Waals surface area contributed by atoms with Gasteiger partial charge in [0.25, 0.3) is 0 Å². The Bertz CT molecular complexity index is 641. The molecule has 1 amide bonds. The third kappa shape index (κ3) is 4.09. The van der Waals surface area contributed by atoms with Gasteiger partial charge in [0.05, 0.1) is 0 Å². The van der Waals surface area contributed by atoms with E-state index in [1.54, 1.807) is 0 Å². The van der Waals surface area contributed by atoms with Crippen LogP contribution in [-0.4, -0.2) is 11.9 Å². The summed E-state index contributed by atoms with van der Waals surface area (Å²) in [5.41, 5.74) is 2.04. The monoisotopic (exact) mass is 314 g/mol. The predicted molar refractivity (Wildman–Crippen MR) is 88.6 cm³/mol. The lowest BCUT2D eigenvalue weighted by Gasteiger charge is -2.19. The van der Waals surface area contributed by atoms with E-state index in [0.29, 0.717) is 17.6 Å². The summed E-state index contributed by atoms with van der Waals surface area (Å²) in [5, 5.41) is 7.12. The van der Waals surface area contributed by atoms with Gasteiger partial charge in [0, 0.05) is 17.6 Å². The summed E-state index contributed by atoms with van der Waals surface area (Å²) in [6.45, 7) is 0.595. The Morgan fingerprint density at radius 2 is 1.91 bits per heavy atom. The topological polar surface area (TPSA) is 41.1 Å². The van der Waals surface area contributed by atoms with Gasteiger partial charge < -0.3 is 5.32 Å². The highest BCUT2D eigenvalue weighted by atomic mass is 35.5. The van der Waals surface area contributed by atoms with Gasteiger partial charge >= 0.3 is 0 Å². The van der Waals surface area contributed by atoms with E-state index in [1.165, 1.54) is 0 Å². The van der Waals surface area contributed by atoms with Crippen LogP contribution in [0.2, 0.25) is 5.02 Å². The van der Waals surface area contributed by atoms with Crippen LogP contribution in [0.5, 0.6) is 0 Å². The van der Waals surface area contributed by atoms with Crippen molar-refractivity contribution < 1.29 is 4.79 Å². The lowest BCUT2D eigenvalue weighted by Crippen LogP contribution is -2.38. The highest BCUT2D eigenvalue weighted by Crippen LogP contribution is 2.21. The second kappa shape index (κ2) is 6.95. The molecule has 0 aromatic heterocycles. The average molecular weight is 315 g/mol. The highest BCUT2D eigenvalue weighted by Gasteiger charge is 2.28. The Labute approximate surface area is 135 Å². The molecular formula is C18H19ClN2O. The first kappa shape index (κ1) is 15.1. The largest absolute Gasteiger partial charge is 0.352 e. The van der Waals surface area contributed by atoms with Gasteiger partial charge in [-0.3, -0.25) is 10.1 Å². The molecule has 3 nitrogen and oxygen atoms in total. The van der Waals surface area contributed by atoms with E-state index < -0.39 is 0 Å². The third-order valence-electron chi connectivity index (χ3n) is 3.72. The summed E-state index contributed by atoms with van der Waals surface area (Å²) in [5.74, 6) is 0.0377. The van der Waals surface area contributed by atoms with E-state index in [0.717, 1.165) is 24.0 Å². The van der Waals surface area contributed by atoms with Gasteiger partial charge in [-0.05, 0) is 36.1 Å². The molecular weight excluding hydrogens is 296 g/mol. The van der Waals surface area contributed by atoms with E-state index in [-0.39, 0.29) is 11.9 Å². The molecule has 0 bridgehead atoms. The number of rotatable bonds is 6. The number of nitrogens with one attached hydrogen (secondary N) is 2. The maximum Gasteiger partial charge on any atom is 0.241 e. The van der Waals surface area contributed by atoms with E-state index >= 15 is 0 Å². The van der Waals surface area contributed by atoms with Gasteiger partial charge in [0.2, 0.25) is 5.91 Å². The number of halogens is 1. The van der Waals surface area contributed by atoms with Crippen LogP contribution >= 0.6 is 11.6 Å². The molecule has 0 radical (unpaired) electrons. The molecule has 1 saturated carbocycles. The first-order valence-corrected chi connectivity index (χ1v) is 7.93. The summed E-state index contributed by atoms with van der Waals surface area (Å²) in [6.07, 6.45) is 2.17. The van der Waals surface area contributed by atoms with Gasteiger partial charge in [-0.25, -0.2) is 0 Å². The maximum atomic E-state index is 12.5. The quantitative estimate of drug-likeness (QED) is 0.857. The van der Waals surface area contributed by atoms with Crippen molar-refractivity contribution in [1.82, 2.24) is 10.6 Å². The number of carbonyl (C=O) groups excluding carboxylic acids is 1. The van der Waals surface area contributed by atoms with Crippen molar-refractivity contribution in [1.29, 1.82) is 0 Å². The summed E-state index contributed by atoms with van der Waals surface area (Å²) in [4.78, 5) is 12.5. The van der Waals surface area contributed by atoms with Crippen molar-refractivity contribution in [3.05, 3.63) is 70.7 Å². The molecule has 1 aliphatic rings. The smallest absolute Gasteiger partial charge is 0.241 e. The highest BCUT2D eigenvalue weighted by molar-refractivity contribution is 6.30. The molecule has 114 valence electrons. The van der Waals surface area contributed by atoms with Crippen LogP contribution in [0, 0.1) is 0 Å². The van der Waals surface area contributed by atoms with Gasteiger partial charge in [-0.2, -0.15) is 0 Å². The van der Waals surface area contributed by atoms with Crippen molar-refractivity contribution in [3.8, 4) is 0 Å². The molecule has 0 saturated heterocycles. The Kier molecular flexibility index (Phi) is 4.76. The fourth-order valence-corrected chi connectivity index (χ4v) is 2.60. The van der Waals surface area contributed by atoms with Crippen LogP contribution in [0.4, 0.5) is 0 Å². The zero-order chi connectivity index (χ0) is 15.4. The lowest BCUT2D eigenvalue weighted by atomic mass is 10.1. The second-order valence-electron chi connectivity index (χ2n) is 5.64. The van der Waals surface area contributed by atoms with Crippen molar-refractivity contribution in [2.75, 3.05) is 0 Å². The summed E-state index contributed by atoms with van der Waals surface area (Å²) >= 11 is 6.01. The predicted octanol–water partition coefficient (Wildman–Crippen LogP) is 3.45. The Morgan fingerprint density at radius 3 is 2.59 bits per heavy atom. The van der Waals surface area contributed by atoms with E-state index in [4.69, 9.17) is 11.6 Å². The van der Waals surface area contributed by atoms with Crippen LogP contribution < -0.4 is 10.6 Å². The minimum absolute atomic E-state index is 0.0377. The lowest BCUT2D eigenvalue weighted by molar-refractivity contribution is -0.123. The summed E-state index contributed by atoms with van der Waals surface area (Å²) in [7, 11) is 0. The van der Waals surface area contributed by atoms with Crippen LogP contribution in [0.25, 0.3) is 0 Å². The number of amides is 1.